The van der Waals surface area contributed by atoms with E-state index in [1.54, 1.807) is 110 Å². The van der Waals surface area contributed by atoms with Crippen molar-refractivity contribution in [1.82, 2.24) is 80.5 Å². The van der Waals surface area contributed by atoms with Gasteiger partial charge in [-0.05, 0) is 181 Å². The summed E-state index contributed by atoms with van der Waals surface area (Å²) >= 11 is 0. The number of nitriles is 2. The Morgan fingerprint density at radius 3 is 1.18 bits per heavy atom. The fourth-order valence-corrected chi connectivity index (χ4v) is 14.2. The van der Waals surface area contributed by atoms with Crippen LogP contribution in [0.4, 0.5) is 19.8 Å². The Labute approximate surface area is 920 Å². The third kappa shape index (κ3) is 36.5. The number of carboxylic acids is 1. The van der Waals surface area contributed by atoms with Crippen LogP contribution in [0.15, 0.2) is 195 Å². The van der Waals surface area contributed by atoms with Crippen LogP contribution in [0.2, 0.25) is 0 Å². The first kappa shape index (κ1) is 118. The van der Waals surface area contributed by atoms with Crippen molar-refractivity contribution in [3.63, 3.8) is 0 Å². The Balaban J connectivity index is 0.000000430. The van der Waals surface area contributed by atoms with Crippen LogP contribution in [0.5, 0.6) is 0 Å². The maximum absolute atomic E-state index is 13.6. The van der Waals surface area contributed by atoms with Gasteiger partial charge in [-0.15, -0.1) is 24.8 Å². The number of alkyl carbamates (subject to hydrolysis) is 2. The molecule has 136 heavy (non-hydrogen) atoms. The predicted octanol–water partition coefficient (Wildman–Crippen LogP) is 6.83. The summed E-state index contributed by atoms with van der Waals surface area (Å²) < 4.78 is 32.6. The second kappa shape index (κ2) is 59.7. The van der Waals surface area contributed by atoms with Gasteiger partial charge in [0, 0.05) is 159 Å². The Morgan fingerprint density at radius 1 is 0.478 bits per heavy atom. The fraction of sp³-hybridized carbons (Fsp3) is 0.358. The minimum atomic E-state index is -0.995. The molecule has 6 aromatic heterocycles. The van der Waals surface area contributed by atoms with Crippen LogP contribution in [-0.4, -0.2) is 224 Å². The maximum Gasteiger partial charge on any atom is 1.00 e. The zero-order chi connectivity index (χ0) is 96.0. The Bertz CT molecular complexity index is 5630. The van der Waals surface area contributed by atoms with Crippen molar-refractivity contribution in [3.05, 3.63) is 246 Å². The standard InChI is InChI=1S/C25H24N6O3.C22H28N4O3.C17H20N4O.C11H8N2O2.C11H22N2O2.C8H5FN2O2.CH2O3.2ClH.2Cs.H/c1-16-8-9-18(30-23-21(25(33)34-2)17(14-26)10-13-29-23)15-31(16)24(32)20-7-4-3-6-19(20)22-27-11-5-12-28-22;1-15-10-11-16(25-21(28)29-22(2,3)4)14-26(15)20(27)18-9-6-5-8-17(18)19-23-12-7-13-24-19;1-12-7-8-13(18)11-21(12)17(22)15-6-3-2-5-14(15)16-19-9-4-10-20-16;14-11(15)9-5-2-1-4-8(9)10-12-6-3-7-13-10;1-8-5-6-9(7-12-8)13-10(14)15-11(2,3)4;1-13-8(12)6-5(4-10)2-3-11-7(6)9;2-1-4-3;;;;;/h3-7,10-13,16,18H,8-9,15H2,1-2H3,(H,29,30);5-9,12-13,15-16H,10-11,14H2,1-4H3,(H,25,28);2-6,9-10,12-13H,7-8,11,18H2,1H3;1-7H,(H,14,15);8-9,12H,5-7H2,1-4H3,(H,13,14);2-3H,1H3;1,3H;2*1H;;;/q;;;;;;;;;2*+1;-1/p-1/t16-,18-;15-,16-;12-,13-;;8-,9-;;;;;;;/m111.1......./s1. The van der Waals surface area contributed by atoms with E-state index in [1.807, 2.05) is 137 Å². The summed E-state index contributed by atoms with van der Waals surface area (Å²) in [5.41, 5.74) is 9.43. The van der Waals surface area contributed by atoms with Crippen molar-refractivity contribution in [2.24, 2.45) is 5.73 Å². The summed E-state index contributed by atoms with van der Waals surface area (Å²) in [6.45, 7) is 21.5. The molecule has 36 nitrogen and oxygen atoms in total. The van der Waals surface area contributed by atoms with Gasteiger partial charge in [-0.2, -0.15) is 14.9 Å². The Hall–Kier alpha value is -10.4. The number of carbonyl (C=O) groups is 9. The van der Waals surface area contributed by atoms with E-state index < -0.39 is 46.7 Å². The van der Waals surface area contributed by atoms with Gasteiger partial charge in [0.2, 0.25) is 5.95 Å². The third-order valence-corrected chi connectivity index (χ3v) is 20.7. The number of carboxylic acid groups (broad SMARTS) is 1. The summed E-state index contributed by atoms with van der Waals surface area (Å²) in [6.07, 6.45) is 22.1. The van der Waals surface area contributed by atoms with E-state index in [9.17, 15) is 48.0 Å². The van der Waals surface area contributed by atoms with Crippen LogP contribution in [0.25, 0.3) is 45.6 Å². The van der Waals surface area contributed by atoms with Gasteiger partial charge in [0.15, 0.2) is 23.3 Å². The van der Waals surface area contributed by atoms with E-state index in [0.717, 1.165) is 76.8 Å². The minimum absolute atomic E-state index is 0. The number of pyridine rings is 2. The fourth-order valence-electron chi connectivity index (χ4n) is 14.2. The zero-order valence-electron chi connectivity index (χ0n) is 79.2. The molecule has 8 atom stereocenters. The SMILES string of the molecule is COC(=O)c1c(C#N)ccnc1F.COC(=O)c1c(C#N)ccnc1N[C@@H]1CC[C@@H](C)N(C(=O)c2ccccc2-c2ncccn2)C1.C[C@@H]1CC[C@@H](N)CN1C(=O)c1ccccc1-c1ncccn1.C[C@@H]1CC[C@@H](NC(=O)OC(C)(C)C)CN1.C[C@@H]1CC[C@@H](NC(=O)OC(C)(C)C)CN1C(=O)c1ccccc1-c1ncccn1.Cl.Cl.O=C(O)c1ccccc1-c1ncccn1.O=CO[O-].[Cs+].[Cs+].[H-]. The quantitative estimate of drug-likeness (QED) is 0.0153. The van der Waals surface area contributed by atoms with Crippen LogP contribution in [0, 0.1) is 28.6 Å². The summed E-state index contributed by atoms with van der Waals surface area (Å²) in [6, 6.07) is 42.9. The van der Waals surface area contributed by atoms with Crippen LogP contribution < -0.4 is 170 Å². The van der Waals surface area contributed by atoms with Gasteiger partial charge < -0.3 is 77.3 Å². The summed E-state index contributed by atoms with van der Waals surface area (Å²) in [7, 11) is 2.37. The normalized spacial score (nSPS) is 17.1. The predicted molar refractivity (Wildman–Crippen MR) is 498 cm³/mol. The van der Waals surface area contributed by atoms with E-state index in [-0.39, 0.29) is 265 Å². The molecule has 0 unspecified atom stereocenters. The molecule has 0 bridgehead atoms. The topological polar surface area (TPSA) is 503 Å². The number of likely N-dealkylation sites (tertiary alicyclic amines) is 3. The molecule has 41 heteroatoms. The van der Waals surface area contributed by atoms with E-state index in [1.165, 1.54) is 31.5 Å². The number of benzene rings is 4. The molecular formula is C95H111Cl2Cs2FN20O16. The molecule has 4 aliphatic rings. The third-order valence-electron chi connectivity index (χ3n) is 20.7. The average molecular weight is 2140 g/mol. The van der Waals surface area contributed by atoms with Gasteiger partial charge in [0.25, 0.3) is 24.2 Å². The van der Waals surface area contributed by atoms with Crippen LogP contribution in [0.1, 0.15) is 195 Å². The number of piperidine rings is 4. The van der Waals surface area contributed by atoms with Crippen molar-refractivity contribution in [1.29, 1.82) is 10.5 Å². The molecule has 10 aromatic rings. The number of amides is 5. The zero-order valence-corrected chi connectivity index (χ0v) is 92.4. The largest absolute Gasteiger partial charge is 1.00 e. The number of hydrogen-bond acceptors (Lipinski definition) is 30. The number of nitrogens with two attached hydrogens (primary N) is 1. The van der Waals surface area contributed by atoms with E-state index in [4.69, 9.17) is 40.4 Å². The van der Waals surface area contributed by atoms with Crippen LogP contribution in [0.3, 0.4) is 0 Å². The summed E-state index contributed by atoms with van der Waals surface area (Å²) in [5, 5.41) is 47.7. The number of methoxy groups -OCH3 is 2. The molecule has 4 fully saturated rings. The van der Waals surface area contributed by atoms with E-state index >= 15 is 0 Å². The molecule has 10 heterocycles. The number of nitrogens with one attached hydrogen (secondary N) is 4. The molecule has 5 amide bonds. The Morgan fingerprint density at radius 2 is 0.809 bits per heavy atom. The van der Waals surface area contributed by atoms with E-state index in [2.05, 4.69) is 94.6 Å². The van der Waals surface area contributed by atoms with Crippen molar-refractivity contribution in [3.8, 4) is 57.7 Å². The molecule has 0 spiro atoms. The molecular weight excluding hydrogens is 2030 g/mol. The molecule has 0 aliphatic carbocycles. The summed E-state index contributed by atoms with van der Waals surface area (Å²) in [5.74, 6) is -1.43. The molecule has 14 rings (SSSR count). The number of aromatic carboxylic acids is 1. The van der Waals surface area contributed by atoms with E-state index in [0.29, 0.717) is 82.4 Å². The number of hydrogen-bond donors (Lipinski definition) is 6. The molecule has 7 N–H and O–H groups in total. The van der Waals surface area contributed by atoms with Crippen molar-refractivity contribution in [2.75, 3.05) is 45.7 Å². The molecule has 4 aliphatic heterocycles. The van der Waals surface area contributed by atoms with Gasteiger partial charge in [-0.25, -0.2) is 73.8 Å². The van der Waals surface area contributed by atoms with Crippen molar-refractivity contribution < 1.29 is 221 Å². The minimum Gasteiger partial charge on any atom is -1.00 e. The molecule has 4 saturated heterocycles. The average Bonchev–Trinajstić information content (AvgIpc) is 0.800. The van der Waals surface area contributed by atoms with Gasteiger partial charge in [-0.1, -0.05) is 72.8 Å². The van der Waals surface area contributed by atoms with Crippen LogP contribution in [-0.2, 0) is 28.6 Å². The first-order valence-corrected chi connectivity index (χ1v) is 42.4. The number of esters is 2. The molecule has 4 aromatic carbocycles. The molecule has 710 valence electrons. The first-order chi connectivity index (χ1) is 63.2. The van der Waals surface area contributed by atoms with Gasteiger partial charge in [0.1, 0.15) is 40.3 Å². The summed E-state index contributed by atoms with van der Waals surface area (Å²) in [4.78, 5) is 156. The number of ether oxygens (including phenoxy) is 4. The van der Waals surface area contributed by atoms with Gasteiger partial charge in [-0.3, -0.25) is 19.2 Å². The monoisotopic (exact) mass is 2140 g/mol. The number of carbonyl (C=O) groups excluding carboxylic acids is 8. The van der Waals surface area contributed by atoms with Crippen molar-refractivity contribution >= 4 is 84.9 Å². The molecule has 0 saturated carbocycles. The van der Waals surface area contributed by atoms with Crippen LogP contribution >= 0.6 is 24.8 Å². The number of rotatable bonds is 15. The number of nitrogens with zero attached hydrogens (tertiary/aromatic N) is 15. The van der Waals surface area contributed by atoms with Gasteiger partial charge in [0.05, 0.1) is 47.6 Å². The second-order valence-electron chi connectivity index (χ2n) is 32.6. The smallest absolute Gasteiger partial charge is 1.00 e. The van der Waals surface area contributed by atoms with Crippen molar-refractivity contribution in [2.45, 2.75) is 180 Å². The number of anilines is 1. The Kier molecular flexibility index (Phi) is 51.7. The number of halogens is 3. The molecule has 0 radical (unpaired) electrons. The second-order valence-corrected chi connectivity index (χ2v) is 32.6. The maximum atomic E-state index is 13.6. The number of aromatic nitrogens is 10. The first-order valence-electron chi connectivity index (χ1n) is 42.4. The van der Waals surface area contributed by atoms with Gasteiger partial charge >= 0.3 is 168 Å².